The minimum absolute atomic E-state index is 0.0180. The number of likely N-dealkylation sites (N-methyl/N-ethyl adjacent to an activating group) is 2. The number of phosphoric acid groups is 2. The Morgan fingerprint density at radius 1 is 0.571 bits per heavy atom. The number of carbonyl (C=O) groups is 2. The average Bonchev–Trinajstić information content (AvgIpc) is 2.84. The first kappa shape index (κ1) is 48.7. The van der Waals surface area contributed by atoms with E-state index < -0.39 is 64.6 Å². The molecule has 4 atom stereocenters. The van der Waals surface area contributed by atoms with E-state index in [0.717, 1.165) is 0 Å². The van der Waals surface area contributed by atoms with E-state index >= 15 is 0 Å². The maximum atomic E-state index is 12.6. The molecule has 0 saturated carbocycles. The molecule has 0 fully saturated rings. The highest BCUT2D eigenvalue weighted by Gasteiger charge is 2.42. The molecule has 0 rings (SSSR count). The third-order valence-corrected chi connectivity index (χ3v) is 20.2. The number of ether oxygens (including phenoxy) is 2. The monoisotopic (exact) mass is 798 g/mol. The van der Waals surface area contributed by atoms with E-state index in [9.17, 15) is 28.5 Å². The zero-order chi connectivity index (χ0) is 38.5. The van der Waals surface area contributed by atoms with Gasteiger partial charge in [-0.1, -0.05) is 13.8 Å². The van der Waals surface area contributed by atoms with Gasteiger partial charge in [-0.3, -0.25) is 18.7 Å². The van der Waals surface area contributed by atoms with Crippen molar-refractivity contribution in [2.75, 3.05) is 95.0 Å². The zero-order valence-electron chi connectivity index (χ0n) is 32.2. The van der Waals surface area contributed by atoms with Gasteiger partial charge in [0.2, 0.25) is 0 Å². The highest BCUT2D eigenvalue weighted by Crippen LogP contribution is 2.38. The third kappa shape index (κ3) is 26.1. The molecule has 49 heavy (non-hydrogen) atoms. The van der Waals surface area contributed by atoms with Crippen LogP contribution in [0.4, 0.5) is 0 Å². The van der Waals surface area contributed by atoms with Crippen molar-refractivity contribution in [2.45, 2.75) is 65.2 Å². The Morgan fingerprint density at radius 3 is 1.14 bits per heavy atom. The summed E-state index contributed by atoms with van der Waals surface area (Å²) in [5, 5.41) is 0. The molecule has 0 aliphatic rings. The fraction of sp³-hybridized carbons (Fsp3) is 0.929. The lowest BCUT2D eigenvalue weighted by Crippen LogP contribution is -2.53. The Morgan fingerprint density at radius 2 is 0.857 bits per heavy atom. The molecule has 4 unspecified atom stereocenters. The van der Waals surface area contributed by atoms with Crippen molar-refractivity contribution in [3.8, 4) is 0 Å². The standard InChI is InChI=1S/C28H64N2O14P2Si3/c1-25(27(31)37-19-21-41-45(33,34)39-17-15-29(3,4)5)23-47(9,10)43-49(13,14)44-48(11,12)24-26(2)28(32)38-20-22-42-46(35,36)40-18-16-30(6,7)8/h25-26H,15-24H2,1-14H3. The van der Waals surface area contributed by atoms with Crippen LogP contribution in [0.2, 0.25) is 51.4 Å². The van der Waals surface area contributed by atoms with E-state index in [-0.39, 0.29) is 39.6 Å². The molecule has 0 aromatic rings. The lowest BCUT2D eigenvalue weighted by molar-refractivity contribution is -0.870. The second kappa shape index (κ2) is 20.2. The van der Waals surface area contributed by atoms with Gasteiger partial charge < -0.3 is 54.6 Å². The molecule has 0 aromatic carbocycles. The van der Waals surface area contributed by atoms with Crippen LogP contribution in [0.15, 0.2) is 0 Å². The summed E-state index contributed by atoms with van der Waals surface area (Å²) in [5.74, 6) is -1.98. The van der Waals surface area contributed by atoms with Gasteiger partial charge in [-0.2, -0.15) is 0 Å². The molecule has 0 heterocycles. The first-order valence-corrected chi connectivity index (χ1v) is 28.4. The molecule has 292 valence electrons. The lowest BCUT2D eigenvalue weighted by Gasteiger charge is -2.39. The van der Waals surface area contributed by atoms with E-state index in [2.05, 4.69) is 0 Å². The van der Waals surface area contributed by atoms with Gasteiger partial charge in [-0.15, -0.1) is 0 Å². The number of carbonyl (C=O) groups excluding carboxylic acids is 2. The van der Waals surface area contributed by atoms with Gasteiger partial charge in [0, 0.05) is 0 Å². The number of hydrogen-bond donors (Lipinski definition) is 0. The van der Waals surface area contributed by atoms with E-state index in [4.69, 9.17) is 35.8 Å². The molecular formula is C28H64N2O14P2Si3. The van der Waals surface area contributed by atoms with E-state index in [1.165, 1.54) is 0 Å². The second-order valence-electron chi connectivity index (χ2n) is 15.9. The Balaban J connectivity index is 4.71. The number of hydrogen-bond acceptors (Lipinski definition) is 14. The minimum Gasteiger partial charge on any atom is -0.756 e. The smallest absolute Gasteiger partial charge is 0.311 e. The molecule has 0 radical (unpaired) electrons. The molecule has 0 aliphatic heterocycles. The SMILES string of the molecule is CC(C[Si](C)(C)O[Si](C)(C)O[Si](C)(C)CC(C)C(=O)OCCOP(=O)([O-])OCC[N+](C)(C)C)C(=O)OCCOP(=O)([O-])OCC[N+](C)(C)C. The molecule has 0 bridgehead atoms. The summed E-state index contributed by atoms with van der Waals surface area (Å²) >= 11 is 0. The number of nitrogens with zero attached hydrogens (tertiary/aromatic N) is 2. The summed E-state index contributed by atoms with van der Waals surface area (Å²) < 4.78 is 67.8. The van der Waals surface area contributed by atoms with Crippen LogP contribution in [0.5, 0.6) is 0 Å². The van der Waals surface area contributed by atoms with Gasteiger partial charge in [0.1, 0.15) is 39.5 Å². The number of rotatable bonds is 26. The third-order valence-electron chi connectivity index (χ3n) is 6.62. The van der Waals surface area contributed by atoms with Crippen molar-refractivity contribution < 1.29 is 73.3 Å². The predicted octanol–water partition coefficient (Wildman–Crippen LogP) is 2.91. The Bertz CT molecular complexity index is 1050. The van der Waals surface area contributed by atoms with Gasteiger partial charge in [0.15, 0.2) is 16.6 Å². The first-order chi connectivity index (χ1) is 21.9. The summed E-state index contributed by atoms with van der Waals surface area (Å²) in [6, 6.07) is 0.898. The summed E-state index contributed by atoms with van der Waals surface area (Å²) in [5.41, 5.74) is 0. The number of phosphoric ester groups is 2. The van der Waals surface area contributed by atoms with Crippen LogP contribution in [0.1, 0.15) is 13.8 Å². The fourth-order valence-electron chi connectivity index (χ4n) is 4.87. The van der Waals surface area contributed by atoms with Crippen LogP contribution in [0.25, 0.3) is 0 Å². The first-order valence-electron chi connectivity index (χ1n) is 16.4. The van der Waals surface area contributed by atoms with Gasteiger partial charge in [-0.05, 0) is 51.4 Å². The highest BCUT2D eigenvalue weighted by atomic mass is 31.2. The molecule has 21 heteroatoms. The van der Waals surface area contributed by atoms with Gasteiger partial charge in [-0.25, -0.2) is 0 Å². The molecule has 0 amide bonds. The maximum Gasteiger partial charge on any atom is 0.311 e. The molecule has 0 aliphatic carbocycles. The Hall–Kier alpha value is -0.349. The Kier molecular flexibility index (Phi) is 20.1. The Labute approximate surface area is 297 Å². The number of esters is 2. The number of quaternary nitrogens is 2. The topological polar surface area (TPSA) is 188 Å². The molecule has 0 aromatic heterocycles. The van der Waals surface area contributed by atoms with Crippen LogP contribution >= 0.6 is 15.6 Å². The van der Waals surface area contributed by atoms with E-state index in [1.807, 2.05) is 81.6 Å². The summed E-state index contributed by atoms with van der Waals surface area (Å²) in [6.45, 7) is 15.1. The molecule has 16 nitrogen and oxygen atoms in total. The minimum atomic E-state index is -4.50. The largest absolute Gasteiger partial charge is 0.756 e. The van der Waals surface area contributed by atoms with E-state index in [1.54, 1.807) is 13.8 Å². The fourth-order valence-corrected chi connectivity index (χ4v) is 21.4. The molecular weight excluding hydrogens is 735 g/mol. The van der Waals surface area contributed by atoms with Crippen LogP contribution in [0, 0.1) is 11.8 Å². The quantitative estimate of drug-likeness (QED) is 0.0409. The van der Waals surface area contributed by atoms with Crippen molar-refractivity contribution in [1.82, 2.24) is 0 Å². The van der Waals surface area contributed by atoms with Crippen molar-refractivity contribution in [3.05, 3.63) is 0 Å². The van der Waals surface area contributed by atoms with Crippen molar-refractivity contribution in [3.63, 3.8) is 0 Å². The van der Waals surface area contributed by atoms with Gasteiger partial charge in [0.25, 0.3) is 15.6 Å². The summed E-state index contributed by atoms with van der Waals surface area (Å²) in [7, 11) is -5.15. The average molecular weight is 799 g/mol. The van der Waals surface area contributed by atoms with E-state index in [0.29, 0.717) is 34.1 Å². The second-order valence-corrected chi connectivity index (χ2v) is 31.0. The van der Waals surface area contributed by atoms with Crippen LogP contribution in [0.3, 0.4) is 0 Å². The molecule has 0 N–H and O–H groups in total. The predicted molar refractivity (Wildman–Crippen MR) is 189 cm³/mol. The highest BCUT2D eigenvalue weighted by molar-refractivity contribution is 7.46. The van der Waals surface area contributed by atoms with Gasteiger partial charge >= 0.3 is 20.5 Å². The van der Waals surface area contributed by atoms with Crippen LogP contribution < -0.4 is 9.79 Å². The van der Waals surface area contributed by atoms with Crippen molar-refractivity contribution >= 4 is 52.8 Å². The van der Waals surface area contributed by atoms with Crippen LogP contribution in [-0.2, 0) is 54.5 Å². The maximum absolute atomic E-state index is 12.6. The molecule has 0 saturated heterocycles. The molecule has 0 spiro atoms. The van der Waals surface area contributed by atoms with Crippen molar-refractivity contribution in [2.24, 2.45) is 11.8 Å². The van der Waals surface area contributed by atoms with Crippen molar-refractivity contribution in [1.29, 1.82) is 0 Å². The zero-order valence-corrected chi connectivity index (χ0v) is 37.0. The summed E-state index contributed by atoms with van der Waals surface area (Å²) in [4.78, 5) is 49.1. The normalized spacial score (nSPS) is 17.1. The summed E-state index contributed by atoms with van der Waals surface area (Å²) in [6.07, 6.45) is 0. The lowest BCUT2D eigenvalue weighted by atomic mass is 10.2. The van der Waals surface area contributed by atoms with Crippen LogP contribution in [-0.4, -0.2) is 141 Å². The van der Waals surface area contributed by atoms with Gasteiger partial charge in [0.05, 0.1) is 67.3 Å².